The molecule has 1 aromatic heterocycles. The quantitative estimate of drug-likeness (QED) is 0.940. The van der Waals surface area contributed by atoms with Crippen molar-refractivity contribution in [2.75, 3.05) is 0 Å². The van der Waals surface area contributed by atoms with Gasteiger partial charge in [0.05, 0.1) is 15.7 Å². The van der Waals surface area contributed by atoms with Gasteiger partial charge in [0.15, 0.2) is 5.82 Å². The summed E-state index contributed by atoms with van der Waals surface area (Å²) in [4.78, 5) is 19.2. The molecule has 0 fully saturated rings. The van der Waals surface area contributed by atoms with Gasteiger partial charge in [-0.2, -0.15) is 0 Å². The second-order valence-corrected chi connectivity index (χ2v) is 4.70. The molecule has 1 N–H and O–H groups in total. The highest BCUT2D eigenvalue weighted by Gasteiger charge is 2.13. The number of aromatic carboxylic acids is 1. The summed E-state index contributed by atoms with van der Waals surface area (Å²) in [5, 5.41) is 9.00. The molecule has 0 amide bonds. The molecule has 0 spiro atoms. The van der Waals surface area contributed by atoms with E-state index < -0.39 is 5.97 Å². The zero-order chi connectivity index (χ0) is 14.0. The van der Waals surface area contributed by atoms with Crippen molar-refractivity contribution in [1.82, 2.24) is 9.97 Å². The predicted octanol–water partition coefficient (Wildman–Crippen LogP) is 3.31. The molecule has 0 bridgehead atoms. The minimum absolute atomic E-state index is 0.0902. The van der Waals surface area contributed by atoms with E-state index in [1.807, 2.05) is 6.92 Å². The van der Waals surface area contributed by atoms with Gasteiger partial charge in [0.2, 0.25) is 0 Å². The van der Waals surface area contributed by atoms with E-state index in [-0.39, 0.29) is 11.4 Å². The SMILES string of the molecule is CCc1nc(-c2ccc(F)c(Br)c2)ncc1C(=O)O. The van der Waals surface area contributed by atoms with Gasteiger partial charge in [-0.3, -0.25) is 0 Å². The van der Waals surface area contributed by atoms with Crippen molar-refractivity contribution < 1.29 is 14.3 Å². The van der Waals surface area contributed by atoms with Crippen LogP contribution in [0.1, 0.15) is 23.0 Å². The van der Waals surface area contributed by atoms with Crippen LogP contribution in [0.5, 0.6) is 0 Å². The van der Waals surface area contributed by atoms with Crippen LogP contribution in [-0.2, 0) is 6.42 Å². The molecule has 0 unspecified atom stereocenters. The van der Waals surface area contributed by atoms with Crippen LogP contribution < -0.4 is 0 Å². The van der Waals surface area contributed by atoms with Crippen molar-refractivity contribution in [2.45, 2.75) is 13.3 Å². The Morgan fingerprint density at radius 3 is 2.79 bits per heavy atom. The summed E-state index contributed by atoms with van der Waals surface area (Å²) in [5.41, 5.74) is 1.17. The Hall–Kier alpha value is -1.82. The molecule has 0 aliphatic heterocycles. The van der Waals surface area contributed by atoms with Crippen molar-refractivity contribution in [3.63, 3.8) is 0 Å². The van der Waals surface area contributed by atoms with Gasteiger partial charge < -0.3 is 5.11 Å². The Bertz CT molecular complexity index is 647. The first kappa shape index (κ1) is 13.6. The molecule has 0 saturated carbocycles. The molecule has 19 heavy (non-hydrogen) atoms. The van der Waals surface area contributed by atoms with Gasteiger partial charge in [0, 0.05) is 11.8 Å². The van der Waals surface area contributed by atoms with Crippen molar-refractivity contribution >= 4 is 21.9 Å². The molecule has 98 valence electrons. The highest BCUT2D eigenvalue weighted by atomic mass is 79.9. The summed E-state index contributed by atoms with van der Waals surface area (Å²) in [7, 11) is 0. The summed E-state index contributed by atoms with van der Waals surface area (Å²) in [5.74, 6) is -1.05. The molecular formula is C13H10BrFN2O2. The summed E-state index contributed by atoms with van der Waals surface area (Å²) < 4.78 is 13.5. The average Bonchev–Trinajstić information content (AvgIpc) is 2.41. The monoisotopic (exact) mass is 324 g/mol. The predicted molar refractivity (Wildman–Crippen MR) is 71.5 cm³/mol. The Kier molecular flexibility index (Phi) is 3.90. The first-order valence-corrected chi connectivity index (χ1v) is 6.37. The third kappa shape index (κ3) is 2.78. The molecule has 0 radical (unpaired) electrons. The van der Waals surface area contributed by atoms with Crippen molar-refractivity contribution in [3.8, 4) is 11.4 Å². The normalized spacial score (nSPS) is 10.5. The fraction of sp³-hybridized carbons (Fsp3) is 0.154. The Balaban J connectivity index is 2.51. The smallest absolute Gasteiger partial charge is 0.339 e. The first-order chi connectivity index (χ1) is 9.02. The number of hydrogen-bond donors (Lipinski definition) is 1. The molecule has 6 heteroatoms. The lowest BCUT2D eigenvalue weighted by molar-refractivity contribution is 0.0694. The van der Waals surface area contributed by atoms with E-state index >= 15 is 0 Å². The minimum atomic E-state index is -1.05. The van der Waals surface area contributed by atoms with E-state index in [9.17, 15) is 9.18 Å². The van der Waals surface area contributed by atoms with E-state index in [2.05, 4.69) is 25.9 Å². The van der Waals surface area contributed by atoms with Crippen LogP contribution >= 0.6 is 15.9 Å². The van der Waals surface area contributed by atoms with E-state index in [4.69, 9.17) is 5.11 Å². The topological polar surface area (TPSA) is 63.1 Å². The van der Waals surface area contributed by atoms with E-state index in [0.29, 0.717) is 28.0 Å². The number of aryl methyl sites for hydroxylation is 1. The summed E-state index contributed by atoms with van der Waals surface area (Å²) in [6.07, 6.45) is 1.76. The summed E-state index contributed by atoms with van der Waals surface area (Å²) in [6.45, 7) is 1.82. The van der Waals surface area contributed by atoms with Gasteiger partial charge in [0.25, 0.3) is 0 Å². The number of halogens is 2. The van der Waals surface area contributed by atoms with E-state index in [1.54, 1.807) is 12.1 Å². The summed E-state index contributed by atoms with van der Waals surface area (Å²) >= 11 is 3.09. The molecular weight excluding hydrogens is 315 g/mol. The fourth-order valence-electron chi connectivity index (χ4n) is 1.64. The average molecular weight is 325 g/mol. The highest BCUT2D eigenvalue weighted by Crippen LogP contribution is 2.23. The van der Waals surface area contributed by atoms with Crippen LogP contribution in [0.3, 0.4) is 0 Å². The number of benzene rings is 1. The number of carbonyl (C=O) groups is 1. The maximum Gasteiger partial charge on any atom is 0.339 e. The Morgan fingerprint density at radius 1 is 1.47 bits per heavy atom. The molecule has 0 saturated heterocycles. The number of carboxylic acids is 1. The Morgan fingerprint density at radius 2 is 2.21 bits per heavy atom. The lowest BCUT2D eigenvalue weighted by Crippen LogP contribution is -2.06. The molecule has 0 aliphatic rings. The maximum absolute atomic E-state index is 13.2. The van der Waals surface area contributed by atoms with E-state index in [1.165, 1.54) is 12.3 Å². The van der Waals surface area contributed by atoms with Crippen molar-refractivity contribution in [1.29, 1.82) is 0 Å². The molecule has 2 rings (SSSR count). The van der Waals surface area contributed by atoms with Crippen LogP contribution in [0.25, 0.3) is 11.4 Å². The third-order valence-corrected chi connectivity index (χ3v) is 3.22. The van der Waals surface area contributed by atoms with Crippen LogP contribution in [0.15, 0.2) is 28.9 Å². The maximum atomic E-state index is 13.2. The number of aromatic nitrogens is 2. The van der Waals surface area contributed by atoms with Crippen LogP contribution in [0, 0.1) is 5.82 Å². The second-order valence-electron chi connectivity index (χ2n) is 3.84. The first-order valence-electron chi connectivity index (χ1n) is 5.57. The minimum Gasteiger partial charge on any atom is -0.478 e. The molecule has 4 nitrogen and oxygen atoms in total. The number of carboxylic acid groups (broad SMARTS) is 1. The third-order valence-electron chi connectivity index (χ3n) is 2.61. The van der Waals surface area contributed by atoms with Crippen LogP contribution in [-0.4, -0.2) is 21.0 Å². The molecule has 1 aromatic carbocycles. The van der Waals surface area contributed by atoms with E-state index in [0.717, 1.165) is 0 Å². The lowest BCUT2D eigenvalue weighted by Gasteiger charge is -2.06. The van der Waals surface area contributed by atoms with Crippen molar-refractivity contribution in [2.24, 2.45) is 0 Å². The van der Waals surface area contributed by atoms with Crippen LogP contribution in [0.2, 0.25) is 0 Å². The molecule has 1 heterocycles. The standard InChI is InChI=1S/C13H10BrFN2O2/c1-2-11-8(13(18)19)6-16-12(17-11)7-3-4-10(15)9(14)5-7/h3-6H,2H2,1H3,(H,18,19). The van der Waals surface area contributed by atoms with Gasteiger partial charge in [-0.05, 0) is 40.5 Å². The Labute approximate surface area is 117 Å². The zero-order valence-corrected chi connectivity index (χ0v) is 11.6. The molecule has 0 atom stereocenters. The van der Waals surface area contributed by atoms with Crippen molar-refractivity contribution in [3.05, 3.63) is 45.9 Å². The molecule has 2 aromatic rings. The van der Waals surface area contributed by atoms with Crippen LogP contribution in [0.4, 0.5) is 4.39 Å². The van der Waals surface area contributed by atoms with Gasteiger partial charge in [-0.1, -0.05) is 6.92 Å². The van der Waals surface area contributed by atoms with Gasteiger partial charge in [0.1, 0.15) is 5.82 Å². The molecule has 0 aliphatic carbocycles. The lowest BCUT2D eigenvalue weighted by atomic mass is 10.1. The zero-order valence-electron chi connectivity index (χ0n) is 10.0. The van der Waals surface area contributed by atoms with Gasteiger partial charge in [-0.15, -0.1) is 0 Å². The van der Waals surface area contributed by atoms with Gasteiger partial charge >= 0.3 is 5.97 Å². The second kappa shape index (κ2) is 5.44. The largest absolute Gasteiger partial charge is 0.478 e. The fourth-order valence-corrected chi connectivity index (χ4v) is 2.02. The number of nitrogens with zero attached hydrogens (tertiary/aromatic N) is 2. The summed E-state index contributed by atoms with van der Waals surface area (Å²) in [6, 6.07) is 4.42. The number of rotatable bonds is 3. The van der Waals surface area contributed by atoms with Gasteiger partial charge in [-0.25, -0.2) is 19.2 Å². The highest BCUT2D eigenvalue weighted by molar-refractivity contribution is 9.10. The number of hydrogen-bond acceptors (Lipinski definition) is 3.